The molecule has 0 bridgehead atoms. The molecule has 0 unspecified atom stereocenters. The Morgan fingerprint density at radius 3 is 2.84 bits per heavy atom. The minimum absolute atomic E-state index is 0.0647. The molecule has 0 aliphatic carbocycles. The Hall–Kier alpha value is -2.05. The minimum atomic E-state index is -0.517. The molecule has 2 heterocycles. The molecule has 0 spiro atoms. The second-order valence-electron chi connectivity index (χ2n) is 5.08. The summed E-state index contributed by atoms with van der Waals surface area (Å²) in [6.45, 7) is 4.97. The molecule has 104 valence electrons. The summed E-state index contributed by atoms with van der Waals surface area (Å²) in [5, 5.41) is 7.04. The molecular formula is C12H19N5O2. The van der Waals surface area contributed by atoms with Crippen molar-refractivity contribution >= 4 is 11.9 Å². The molecule has 0 aromatic carbocycles. The minimum Gasteiger partial charge on any atom is -0.354 e. The first kappa shape index (κ1) is 13.4. The van der Waals surface area contributed by atoms with Crippen LogP contribution in [0.15, 0.2) is 12.3 Å². The fourth-order valence-electron chi connectivity index (χ4n) is 2.19. The van der Waals surface area contributed by atoms with Crippen LogP contribution < -0.4 is 11.1 Å². The van der Waals surface area contributed by atoms with Gasteiger partial charge in [0.15, 0.2) is 0 Å². The van der Waals surface area contributed by atoms with Crippen molar-refractivity contribution in [2.45, 2.75) is 33.0 Å². The normalized spacial score (nSPS) is 18.9. The topological polar surface area (TPSA) is 93.2 Å². The van der Waals surface area contributed by atoms with Crippen molar-refractivity contribution in [3.63, 3.8) is 0 Å². The molecule has 0 radical (unpaired) electrons. The van der Waals surface area contributed by atoms with Crippen LogP contribution in [-0.4, -0.2) is 39.2 Å². The van der Waals surface area contributed by atoms with Crippen LogP contribution >= 0.6 is 0 Å². The average Bonchev–Trinajstić information content (AvgIpc) is 2.65. The first-order valence-electron chi connectivity index (χ1n) is 6.33. The first-order valence-corrected chi connectivity index (χ1v) is 6.33. The predicted molar refractivity (Wildman–Crippen MR) is 69.0 cm³/mol. The molecule has 1 aromatic heterocycles. The maximum absolute atomic E-state index is 12.1. The number of urea groups is 1. The number of nitrogens with two attached hydrogens (primary N) is 1. The molecule has 3 amide bonds. The van der Waals surface area contributed by atoms with E-state index < -0.39 is 6.03 Å². The molecule has 0 saturated carbocycles. The first-order chi connectivity index (χ1) is 8.97. The Balaban J connectivity index is 2.20. The van der Waals surface area contributed by atoms with E-state index in [9.17, 15) is 9.59 Å². The van der Waals surface area contributed by atoms with E-state index in [4.69, 9.17) is 5.73 Å². The summed E-state index contributed by atoms with van der Waals surface area (Å²) in [6, 6.07) is 1.38. The number of nitrogens with zero attached hydrogens (tertiary/aromatic N) is 3. The Kier molecular flexibility index (Phi) is 3.73. The van der Waals surface area contributed by atoms with Crippen LogP contribution in [0.25, 0.3) is 0 Å². The van der Waals surface area contributed by atoms with Crippen LogP contribution in [0.4, 0.5) is 4.79 Å². The van der Waals surface area contributed by atoms with Gasteiger partial charge in [0.1, 0.15) is 0 Å². The van der Waals surface area contributed by atoms with Crippen LogP contribution in [0.3, 0.4) is 0 Å². The fourth-order valence-corrected chi connectivity index (χ4v) is 2.19. The van der Waals surface area contributed by atoms with Gasteiger partial charge in [0.2, 0.25) is 5.91 Å². The molecule has 7 nitrogen and oxygen atoms in total. The van der Waals surface area contributed by atoms with Crippen molar-refractivity contribution < 1.29 is 9.59 Å². The van der Waals surface area contributed by atoms with E-state index in [1.54, 1.807) is 10.9 Å². The van der Waals surface area contributed by atoms with E-state index in [2.05, 4.69) is 10.4 Å². The number of rotatable bonds is 2. The number of hydrogen-bond acceptors (Lipinski definition) is 3. The SMILES string of the molecule is CC(C)NC(=O)[C@@H]1CN(C(N)=O)Cc2ccnn2C1. The van der Waals surface area contributed by atoms with Gasteiger partial charge in [0.25, 0.3) is 0 Å². The summed E-state index contributed by atoms with van der Waals surface area (Å²) in [4.78, 5) is 25.0. The highest BCUT2D eigenvalue weighted by Crippen LogP contribution is 2.15. The third-order valence-corrected chi connectivity index (χ3v) is 3.10. The highest BCUT2D eigenvalue weighted by molar-refractivity contribution is 5.80. The fraction of sp³-hybridized carbons (Fsp3) is 0.583. The lowest BCUT2D eigenvalue weighted by Gasteiger charge is -2.22. The Labute approximate surface area is 111 Å². The number of aromatic nitrogens is 2. The van der Waals surface area contributed by atoms with Gasteiger partial charge in [-0.1, -0.05) is 0 Å². The van der Waals surface area contributed by atoms with Crippen molar-refractivity contribution in [2.24, 2.45) is 11.7 Å². The Morgan fingerprint density at radius 1 is 1.47 bits per heavy atom. The van der Waals surface area contributed by atoms with Crippen molar-refractivity contribution in [3.8, 4) is 0 Å². The highest BCUT2D eigenvalue weighted by Gasteiger charge is 2.29. The van der Waals surface area contributed by atoms with E-state index in [1.165, 1.54) is 4.90 Å². The van der Waals surface area contributed by atoms with Crippen molar-refractivity contribution in [1.29, 1.82) is 0 Å². The van der Waals surface area contributed by atoms with Gasteiger partial charge in [-0.3, -0.25) is 9.48 Å². The second-order valence-corrected chi connectivity index (χ2v) is 5.08. The summed E-state index contributed by atoms with van der Waals surface area (Å²) >= 11 is 0. The summed E-state index contributed by atoms with van der Waals surface area (Å²) in [5.74, 6) is -0.416. The van der Waals surface area contributed by atoms with Crippen molar-refractivity contribution in [2.75, 3.05) is 6.54 Å². The van der Waals surface area contributed by atoms with Crippen molar-refractivity contribution in [3.05, 3.63) is 18.0 Å². The molecule has 2 rings (SSSR count). The molecule has 0 fully saturated rings. The van der Waals surface area contributed by atoms with E-state index in [0.717, 1.165) is 5.69 Å². The van der Waals surface area contributed by atoms with E-state index in [0.29, 0.717) is 19.6 Å². The molecule has 7 heteroatoms. The Morgan fingerprint density at radius 2 is 2.21 bits per heavy atom. The highest BCUT2D eigenvalue weighted by atomic mass is 16.2. The average molecular weight is 265 g/mol. The molecule has 0 saturated heterocycles. The molecule has 1 aromatic rings. The zero-order valence-corrected chi connectivity index (χ0v) is 11.2. The summed E-state index contributed by atoms with van der Waals surface area (Å²) in [5.41, 5.74) is 6.24. The number of carbonyl (C=O) groups excluding carboxylic acids is 2. The van der Waals surface area contributed by atoms with Gasteiger partial charge >= 0.3 is 6.03 Å². The smallest absolute Gasteiger partial charge is 0.315 e. The van der Waals surface area contributed by atoms with Gasteiger partial charge in [-0.2, -0.15) is 5.10 Å². The Bertz CT molecular complexity index is 482. The lowest BCUT2D eigenvalue weighted by Crippen LogP contribution is -2.44. The van der Waals surface area contributed by atoms with Gasteiger partial charge < -0.3 is 16.0 Å². The number of carbonyl (C=O) groups is 2. The van der Waals surface area contributed by atoms with Crippen molar-refractivity contribution in [1.82, 2.24) is 20.0 Å². The molecule has 1 atom stereocenters. The number of nitrogens with one attached hydrogen (secondary N) is 1. The number of hydrogen-bond donors (Lipinski definition) is 2. The predicted octanol–water partition coefficient (Wildman–Crippen LogP) is -0.0818. The maximum atomic E-state index is 12.1. The lowest BCUT2D eigenvalue weighted by molar-refractivity contribution is -0.126. The van der Waals surface area contributed by atoms with Crippen LogP contribution in [0.1, 0.15) is 19.5 Å². The van der Waals surface area contributed by atoms with Gasteiger partial charge in [0, 0.05) is 18.8 Å². The standard InChI is InChI=1S/C12H19N5O2/c1-8(2)15-11(18)9-5-16(12(13)19)7-10-3-4-14-17(10)6-9/h3-4,8-9H,5-7H2,1-2H3,(H2,13,19)(H,15,18)/t9-/m1/s1. The zero-order valence-electron chi connectivity index (χ0n) is 11.2. The third-order valence-electron chi connectivity index (χ3n) is 3.10. The van der Waals surface area contributed by atoms with E-state index >= 15 is 0 Å². The molecule has 19 heavy (non-hydrogen) atoms. The number of amides is 3. The third kappa shape index (κ3) is 3.04. The monoisotopic (exact) mass is 265 g/mol. The van der Waals surface area contributed by atoms with E-state index in [-0.39, 0.29) is 17.9 Å². The largest absolute Gasteiger partial charge is 0.354 e. The number of fused-ring (bicyclic) bond motifs is 1. The molecule has 1 aliphatic rings. The van der Waals surface area contributed by atoms with Gasteiger partial charge in [-0.05, 0) is 19.9 Å². The van der Waals surface area contributed by atoms with Gasteiger partial charge in [0.05, 0.1) is 24.7 Å². The van der Waals surface area contributed by atoms with Crippen LogP contribution in [0, 0.1) is 5.92 Å². The van der Waals surface area contributed by atoms with Crippen LogP contribution in [-0.2, 0) is 17.9 Å². The molecule has 1 aliphatic heterocycles. The van der Waals surface area contributed by atoms with E-state index in [1.807, 2.05) is 19.9 Å². The number of primary amides is 1. The quantitative estimate of drug-likeness (QED) is 0.783. The summed E-state index contributed by atoms with van der Waals surface area (Å²) < 4.78 is 1.76. The maximum Gasteiger partial charge on any atom is 0.315 e. The zero-order chi connectivity index (χ0) is 14.0. The van der Waals surface area contributed by atoms with Gasteiger partial charge in [-0.25, -0.2) is 4.79 Å². The lowest BCUT2D eigenvalue weighted by atomic mass is 10.1. The van der Waals surface area contributed by atoms with Crippen LogP contribution in [0.2, 0.25) is 0 Å². The summed E-state index contributed by atoms with van der Waals surface area (Å²) in [7, 11) is 0. The van der Waals surface area contributed by atoms with Gasteiger partial charge in [-0.15, -0.1) is 0 Å². The molecule has 3 N–H and O–H groups in total. The molecular weight excluding hydrogens is 246 g/mol. The van der Waals surface area contributed by atoms with Crippen LogP contribution in [0.5, 0.6) is 0 Å². The second kappa shape index (κ2) is 5.29. The summed E-state index contributed by atoms with van der Waals surface area (Å²) in [6.07, 6.45) is 1.66.